The zero-order valence-electron chi connectivity index (χ0n) is 19.5. The van der Waals surface area contributed by atoms with Gasteiger partial charge in [-0.1, -0.05) is 6.07 Å². The summed E-state index contributed by atoms with van der Waals surface area (Å²) in [6.45, 7) is 4.83. The second kappa shape index (κ2) is 10.1. The molecule has 0 atom stereocenters. The highest BCUT2D eigenvalue weighted by atomic mass is 19.1. The molecule has 0 spiro atoms. The van der Waals surface area contributed by atoms with Crippen LogP contribution in [0.2, 0.25) is 0 Å². The Hall–Kier alpha value is -3.71. The average molecular weight is 462 g/mol. The Morgan fingerprint density at radius 1 is 1.15 bits per heavy atom. The van der Waals surface area contributed by atoms with E-state index in [9.17, 15) is 9.18 Å². The second-order valence-corrected chi connectivity index (χ2v) is 8.43. The summed E-state index contributed by atoms with van der Waals surface area (Å²) in [6, 6.07) is 14.6. The van der Waals surface area contributed by atoms with Crippen LogP contribution in [-0.4, -0.2) is 22.6 Å². The lowest BCUT2D eigenvalue weighted by atomic mass is 9.99. The number of halogens is 1. The third-order valence-electron chi connectivity index (χ3n) is 5.78. The molecule has 0 radical (unpaired) electrons. The first kappa shape index (κ1) is 23.4. The largest absolute Gasteiger partial charge is 0.488 e. The first-order valence-corrected chi connectivity index (χ1v) is 11.2. The standard InChI is InChI=1S/C27H28FN3O3/c1-17(2)31-9-7-23-24(19-6-8-30-22(12-19)15-29)10-18(11-25(23)31)16-34-26-14-21(28)5-4-20(26)13-27(32)33-3/h4-12,14,17H,13,15-16,29H2,1-3H3. The fourth-order valence-corrected chi connectivity index (χ4v) is 4.05. The first-order valence-electron chi connectivity index (χ1n) is 11.2. The molecule has 176 valence electrons. The number of ether oxygens (including phenoxy) is 2. The molecule has 6 nitrogen and oxygen atoms in total. The average Bonchev–Trinajstić information content (AvgIpc) is 3.28. The Morgan fingerprint density at radius 2 is 1.97 bits per heavy atom. The molecule has 4 rings (SSSR count). The van der Waals surface area contributed by atoms with Crippen molar-refractivity contribution in [3.8, 4) is 16.9 Å². The van der Waals surface area contributed by atoms with Crippen molar-refractivity contribution >= 4 is 16.9 Å². The van der Waals surface area contributed by atoms with Crippen molar-refractivity contribution < 1.29 is 18.7 Å². The molecule has 2 heterocycles. The normalized spacial score (nSPS) is 11.2. The molecule has 0 bridgehead atoms. The van der Waals surface area contributed by atoms with Crippen molar-refractivity contribution in [2.45, 2.75) is 39.5 Å². The van der Waals surface area contributed by atoms with E-state index in [1.807, 2.05) is 12.1 Å². The van der Waals surface area contributed by atoms with Gasteiger partial charge in [-0.2, -0.15) is 0 Å². The molecule has 34 heavy (non-hydrogen) atoms. The maximum Gasteiger partial charge on any atom is 0.310 e. The number of benzene rings is 2. The molecule has 0 aliphatic rings. The maximum absolute atomic E-state index is 13.9. The third-order valence-corrected chi connectivity index (χ3v) is 5.78. The van der Waals surface area contributed by atoms with E-state index in [2.05, 4.69) is 47.8 Å². The zero-order valence-corrected chi connectivity index (χ0v) is 19.5. The van der Waals surface area contributed by atoms with Crippen LogP contribution in [0.5, 0.6) is 5.75 Å². The Bertz CT molecular complexity index is 1330. The van der Waals surface area contributed by atoms with Crippen LogP contribution < -0.4 is 10.5 Å². The highest BCUT2D eigenvalue weighted by molar-refractivity contribution is 5.96. The van der Waals surface area contributed by atoms with Crippen molar-refractivity contribution in [1.29, 1.82) is 0 Å². The summed E-state index contributed by atoms with van der Waals surface area (Å²) in [5.74, 6) is -0.525. The van der Waals surface area contributed by atoms with Crippen LogP contribution in [-0.2, 0) is 29.1 Å². The van der Waals surface area contributed by atoms with Crippen molar-refractivity contribution in [3.05, 3.63) is 83.6 Å². The first-order chi connectivity index (χ1) is 16.4. The van der Waals surface area contributed by atoms with Gasteiger partial charge in [0.1, 0.15) is 18.2 Å². The summed E-state index contributed by atoms with van der Waals surface area (Å²) < 4.78 is 26.9. The molecular weight excluding hydrogens is 433 g/mol. The fourth-order valence-electron chi connectivity index (χ4n) is 4.05. The highest BCUT2D eigenvalue weighted by Crippen LogP contribution is 2.33. The van der Waals surface area contributed by atoms with E-state index in [0.717, 1.165) is 33.3 Å². The zero-order chi connectivity index (χ0) is 24.2. The lowest BCUT2D eigenvalue weighted by Gasteiger charge is -2.15. The van der Waals surface area contributed by atoms with Crippen molar-refractivity contribution in [1.82, 2.24) is 9.55 Å². The summed E-state index contributed by atoms with van der Waals surface area (Å²) in [7, 11) is 1.32. The van der Waals surface area contributed by atoms with Crippen molar-refractivity contribution in [3.63, 3.8) is 0 Å². The lowest BCUT2D eigenvalue weighted by Crippen LogP contribution is -2.07. The van der Waals surface area contributed by atoms with E-state index >= 15 is 0 Å². The Balaban J connectivity index is 1.74. The summed E-state index contributed by atoms with van der Waals surface area (Å²) in [4.78, 5) is 16.1. The minimum absolute atomic E-state index is 0.00544. The van der Waals surface area contributed by atoms with Gasteiger partial charge in [0.15, 0.2) is 0 Å². The topological polar surface area (TPSA) is 79.4 Å². The molecule has 0 amide bonds. The van der Waals surface area contributed by atoms with Crippen LogP contribution in [0.3, 0.4) is 0 Å². The van der Waals surface area contributed by atoms with Gasteiger partial charge in [-0.15, -0.1) is 0 Å². The number of carbonyl (C=O) groups is 1. The monoisotopic (exact) mass is 461 g/mol. The van der Waals surface area contributed by atoms with Crippen LogP contribution in [0.4, 0.5) is 4.39 Å². The quantitative estimate of drug-likeness (QED) is 0.366. The number of nitrogens with two attached hydrogens (primary N) is 1. The smallest absolute Gasteiger partial charge is 0.310 e. The van der Waals surface area contributed by atoms with Gasteiger partial charge in [0, 0.05) is 47.5 Å². The van der Waals surface area contributed by atoms with Gasteiger partial charge in [-0.05, 0) is 66.9 Å². The van der Waals surface area contributed by atoms with Gasteiger partial charge >= 0.3 is 5.97 Å². The summed E-state index contributed by atoms with van der Waals surface area (Å²) in [5.41, 5.74) is 11.2. The molecule has 0 saturated carbocycles. The molecule has 0 aliphatic heterocycles. The number of nitrogens with zero attached hydrogens (tertiary/aromatic N) is 2. The minimum atomic E-state index is -0.431. The fraction of sp³-hybridized carbons (Fsp3) is 0.259. The van der Waals surface area contributed by atoms with Crippen LogP contribution >= 0.6 is 0 Å². The molecule has 2 N–H and O–H groups in total. The van der Waals surface area contributed by atoms with E-state index in [4.69, 9.17) is 15.2 Å². The minimum Gasteiger partial charge on any atom is -0.488 e. The van der Waals surface area contributed by atoms with E-state index in [1.54, 1.807) is 12.3 Å². The molecule has 0 unspecified atom stereocenters. The molecule has 4 aromatic rings. The Kier molecular flexibility index (Phi) is 6.93. The number of rotatable bonds is 8. The number of esters is 1. The SMILES string of the molecule is COC(=O)Cc1ccc(F)cc1OCc1cc(-c2ccnc(CN)c2)c2ccn(C(C)C)c2c1. The van der Waals surface area contributed by atoms with Crippen molar-refractivity contribution in [2.75, 3.05) is 7.11 Å². The lowest BCUT2D eigenvalue weighted by molar-refractivity contribution is -0.139. The van der Waals surface area contributed by atoms with E-state index in [0.29, 0.717) is 17.9 Å². The molecule has 0 aliphatic carbocycles. The number of methoxy groups -OCH3 is 1. The summed E-state index contributed by atoms with van der Waals surface area (Å²) in [5, 5.41) is 1.11. The Morgan fingerprint density at radius 3 is 2.71 bits per heavy atom. The van der Waals surface area contributed by atoms with E-state index < -0.39 is 11.8 Å². The van der Waals surface area contributed by atoms with Gasteiger partial charge in [0.25, 0.3) is 0 Å². The number of pyridine rings is 1. The highest BCUT2D eigenvalue weighted by Gasteiger charge is 2.15. The number of carbonyl (C=O) groups excluding carboxylic acids is 1. The number of aromatic nitrogens is 2. The molecule has 2 aromatic heterocycles. The second-order valence-electron chi connectivity index (χ2n) is 8.43. The van der Waals surface area contributed by atoms with Gasteiger partial charge in [0.05, 0.1) is 19.2 Å². The maximum atomic E-state index is 13.9. The molecule has 0 saturated heterocycles. The van der Waals surface area contributed by atoms with Gasteiger partial charge in [0.2, 0.25) is 0 Å². The van der Waals surface area contributed by atoms with Crippen LogP contribution in [0.25, 0.3) is 22.0 Å². The van der Waals surface area contributed by atoms with E-state index in [1.165, 1.54) is 19.2 Å². The number of hydrogen-bond donors (Lipinski definition) is 1. The van der Waals surface area contributed by atoms with Crippen LogP contribution in [0.15, 0.2) is 60.9 Å². The van der Waals surface area contributed by atoms with Crippen LogP contribution in [0, 0.1) is 5.82 Å². The summed E-state index contributed by atoms with van der Waals surface area (Å²) >= 11 is 0. The Labute approximate surface area is 198 Å². The number of fused-ring (bicyclic) bond motifs is 1. The predicted octanol–water partition coefficient (Wildman–Crippen LogP) is 5.18. The molecular formula is C27H28FN3O3. The molecule has 2 aromatic carbocycles. The predicted molar refractivity (Wildman–Crippen MR) is 130 cm³/mol. The van der Waals surface area contributed by atoms with Gasteiger partial charge in [-0.25, -0.2) is 4.39 Å². The third kappa shape index (κ3) is 4.94. The van der Waals surface area contributed by atoms with Gasteiger partial charge in [-0.3, -0.25) is 9.78 Å². The number of hydrogen-bond acceptors (Lipinski definition) is 5. The van der Waals surface area contributed by atoms with Crippen molar-refractivity contribution in [2.24, 2.45) is 5.73 Å². The molecule has 7 heteroatoms. The van der Waals surface area contributed by atoms with E-state index in [-0.39, 0.29) is 19.1 Å². The summed E-state index contributed by atoms with van der Waals surface area (Å²) in [6.07, 6.45) is 3.85. The molecule has 0 fully saturated rings. The van der Waals surface area contributed by atoms with Crippen LogP contribution in [0.1, 0.15) is 36.7 Å². The van der Waals surface area contributed by atoms with Gasteiger partial charge < -0.3 is 19.8 Å².